The van der Waals surface area contributed by atoms with Gasteiger partial charge in [-0.05, 0) is 36.2 Å². The number of carbonyl (C=O) groups excluding carboxylic acids is 1. The maximum absolute atomic E-state index is 12.2. The first-order chi connectivity index (χ1) is 13.6. The molecule has 0 saturated heterocycles. The third-order valence-corrected chi connectivity index (χ3v) is 4.77. The van der Waals surface area contributed by atoms with Gasteiger partial charge in [0, 0.05) is 47.6 Å². The van der Waals surface area contributed by atoms with Crippen LogP contribution in [0.2, 0.25) is 5.02 Å². The molecular formula is C19H19ClN6O2. The minimum atomic E-state index is -0.0440. The summed E-state index contributed by atoms with van der Waals surface area (Å²) in [6.07, 6.45) is 3.42. The van der Waals surface area contributed by atoms with Crippen LogP contribution in [0.1, 0.15) is 17.8 Å². The Morgan fingerprint density at radius 1 is 1.25 bits per heavy atom. The second kappa shape index (κ2) is 7.85. The lowest BCUT2D eigenvalue weighted by atomic mass is 10.1. The van der Waals surface area contributed by atoms with E-state index in [1.165, 1.54) is 0 Å². The zero-order valence-electron chi connectivity index (χ0n) is 15.3. The second-order valence-electron chi connectivity index (χ2n) is 6.37. The molecule has 28 heavy (non-hydrogen) atoms. The van der Waals surface area contributed by atoms with Crippen molar-refractivity contribution < 1.29 is 9.53 Å². The highest BCUT2D eigenvalue weighted by Gasteiger charge is 2.11. The number of rotatable bonds is 7. The number of halogens is 1. The van der Waals surface area contributed by atoms with Gasteiger partial charge < -0.3 is 15.0 Å². The largest absolute Gasteiger partial charge is 0.480 e. The van der Waals surface area contributed by atoms with Gasteiger partial charge in [0.05, 0.1) is 7.11 Å². The maximum Gasteiger partial charge on any atom is 0.231 e. The van der Waals surface area contributed by atoms with Crippen LogP contribution in [0.5, 0.6) is 5.88 Å². The van der Waals surface area contributed by atoms with Crippen LogP contribution >= 0.6 is 11.6 Å². The molecule has 4 rings (SSSR count). The lowest BCUT2D eigenvalue weighted by Gasteiger charge is -2.05. The molecule has 144 valence electrons. The number of aromatic nitrogens is 5. The Morgan fingerprint density at radius 3 is 3.00 bits per heavy atom. The van der Waals surface area contributed by atoms with E-state index in [4.69, 9.17) is 16.3 Å². The molecule has 0 aliphatic rings. The maximum atomic E-state index is 12.2. The first kappa shape index (κ1) is 18.2. The molecule has 0 saturated carbocycles. The van der Waals surface area contributed by atoms with Crippen molar-refractivity contribution in [2.45, 2.75) is 19.3 Å². The van der Waals surface area contributed by atoms with Gasteiger partial charge in [-0.2, -0.15) is 4.52 Å². The molecule has 0 spiro atoms. The highest BCUT2D eigenvalue weighted by molar-refractivity contribution is 6.31. The van der Waals surface area contributed by atoms with E-state index in [9.17, 15) is 4.79 Å². The van der Waals surface area contributed by atoms with E-state index in [1.807, 2.05) is 24.4 Å². The number of aryl methyl sites for hydroxylation is 1. The highest BCUT2D eigenvalue weighted by Crippen LogP contribution is 2.22. The number of amides is 1. The molecule has 8 nitrogen and oxygen atoms in total. The quantitative estimate of drug-likeness (QED) is 0.498. The van der Waals surface area contributed by atoms with Crippen molar-refractivity contribution in [3.63, 3.8) is 0 Å². The van der Waals surface area contributed by atoms with E-state index in [-0.39, 0.29) is 5.91 Å². The normalized spacial score (nSPS) is 11.2. The molecule has 3 heterocycles. The summed E-state index contributed by atoms with van der Waals surface area (Å²) in [7, 11) is 1.55. The summed E-state index contributed by atoms with van der Waals surface area (Å²) < 4.78 is 6.72. The van der Waals surface area contributed by atoms with Crippen LogP contribution in [0.4, 0.5) is 0 Å². The Balaban J connectivity index is 1.32. The van der Waals surface area contributed by atoms with Crippen molar-refractivity contribution in [2.24, 2.45) is 0 Å². The summed E-state index contributed by atoms with van der Waals surface area (Å²) in [6, 6.07) is 9.23. The Labute approximate surface area is 165 Å². The number of nitrogens with one attached hydrogen (secondary N) is 2. The molecule has 0 fully saturated rings. The Bertz CT molecular complexity index is 1140. The third kappa shape index (κ3) is 3.77. The van der Waals surface area contributed by atoms with Gasteiger partial charge in [0.1, 0.15) is 0 Å². The standard InChI is InChI=1S/C19H19ClN6O2/c1-28-19-7-5-17-24-23-16(26(17)25-19)4-6-18(27)21-9-8-12-11-22-15-3-2-13(20)10-14(12)15/h2-3,5,7,10-11,22H,4,6,8-9H2,1H3,(H,21,27). The number of carbonyl (C=O) groups is 1. The summed E-state index contributed by atoms with van der Waals surface area (Å²) in [6.45, 7) is 0.547. The molecular weight excluding hydrogens is 380 g/mol. The number of ether oxygens (including phenoxy) is 1. The van der Waals surface area contributed by atoms with E-state index < -0.39 is 0 Å². The fraction of sp³-hybridized carbons (Fsp3) is 0.263. The van der Waals surface area contributed by atoms with Crippen LogP contribution in [0.15, 0.2) is 36.5 Å². The first-order valence-electron chi connectivity index (χ1n) is 8.91. The van der Waals surface area contributed by atoms with Gasteiger partial charge in [-0.3, -0.25) is 4.79 Å². The van der Waals surface area contributed by atoms with Gasteiger partial charge in [-0.15, -0.1) is 15.3 Å². The molecule has 2 N–H and O–H groups in total. The average Bonchev–Trinajstić information content (AvgIpc) is 3.29. The molecule has 0 aliphatic carbocycles. The van der Waals surface area contributed by atoms with E-state index >= 15 is 0 Å². The zero-order valence-corrected chi connectivity index (χ0v) is 16.0. The summed E-state index contributed by atoms with van der Waals surface area (Å²) in [5, 5.41) is 17.2. The number of nitrogens with zero attached hydrogens (tertiary/aromatic N) is 4. The van der Waals surface area contributed by atoms with Gasteiger partial charge >= 0.3 is 0 Å². The molecule has 0 bridgehead atoms. The molecule has 1 aromatic carbocycles. The zero-order chi connectivity index (χ0) is 19.5. The smallest absolute Gasteiger partial charge is 0.231 e. The summed E-state index contributed by atoms with van der Waals surface area (Å²) in [5.74, 6) is 1.05. The van der Waals surface area contributed by atoms with Crippen LogP contribution in [0.25, 0.3) is 16.6 Å². The predicted octanol–water partition coefficient (Wildman–Crippen LogP) is 2.56. The van der Waals surface area contributed by atoms with Gasteiger partial charge in [0.15, 0.2) is 11.5 Å². The van der Waals surface area contributed by atoms with Crippen molar-refractivity contribution in [3.8, 4) is 5.88 Å². The summed E-state index contributed by atoms with van der Waals surface area (Å²) in [5.41, 5.74) is 2.78. The molecule has 0 unspecified atom stereocenters. The number of methoxy groups -OCH3 is 1. The lowest BCUT2D eigenvalue weighted by molar-refractivity contribution is -0.121. The molecule has 4 aromatic rings. The highest BCUT2D eigenvalue weighted by atomic mass is 35.5. The number of hydrogen-bond donors (Lipinski definition) is 2. The van der Waals surface area contributed by atoms with Crippen LogP contribution in [0.3, 0.4) is 0 Å². The van der Waals surface area contributed by atoms with Crippen molar-refractivity contribution in [3.05, 3.63) is 52.9 Å². The fourth-order valence-electron chi connectivity index (χ4n) is 3.09. The third-order valence-electron chi connectivity index (χ3n) is 4.53. The molecule has 3 aromatic heterocycles. The molecule has 1 amide bonds. The van der Waals surface area contributed by atoms with Crippen LogP contribution in [-0.2, 0) is 17.6 Å². The average molecular weight is 399 g/mol. The number of fused-ring (bicyclic) bond motifs is 2. The molecule has 0 radical (unpaired) electrons. The Morgan fingerprint density at radius 2 is 2.14 bits per heavy atom. The molecule has 0 aliphatic heterocycles. The monoisotopic (exact) mass is 398 g/mol. The van der Waals surface area contributed by atoms with Crippen molar-refractivity contribution in [1.29, 1.82) is 0 Å². The summed E-state index contributed by atoms with van der Waals surface area (Å²) in [4.78, 5) is 15.4. The SMILES string of the molecule is COc1ccc2nnc(CCC(=O)NCCc3c[nH]c4ccc(Cl)cc34)n2n1. The van der Waals surface area contributed by atoms with E-state index in [0.29, 0.717) is 41.8 Å². The van der Waals surface area contributed by atoms with Gasteiger partial charge in [-0.25, -0.2) is 0 Å². The fourth-order valence-corrected chi connectivity index (χ4v) is 3.26. The molecule has 0 atom stereocenters. The molecule has 9 heteroatoms. The van der Waals surface area contributed by atoms with Crippen LogP contribution < -0.4 is 10.1 Å². The van der Waals surface area contributed by atoms with E-state index in [0.717, 1.165) is 22.9 Å². The van der Waals surface area contributed by atoms with Gasteiger partial charge in [0.2, 0.25) is 11.8 Å². The van der Waals surface area contributed by atoms with E-state index in [1.54, 1.807) is 23.8 Å². The van der Waals surface area contributed by atoms with Crippen molar-refractivity contribution in [1.82, 2.24) is 30.1 Å². The minimum Gasteiger partial charge on any atom is -0.480 e. The first-order valence-corrected chi connectivity index (χ1v) is 9.29. The van der Waals surface area contributed by atoms with Gasteiger partial charge in [-0.1, -0.05) is 11.6 Å². The Kier molecular flexibility index (Phi) is 5.12. The van der Waals surface area contributed by atoms with Crippen molar-refractivity contribution >= 4 is 34.1 Å². The number of benzene rings is 1. The lowest BCUT2D eigenvalue weighted by Crippen LogP contribution is -2.26. The number of H-pyrrole nitrogens is 1. The minimum absolute atomic E-state index is 0.0440. The Hall–Kier alpha value is -3.13. The number of hydrogen-bond acceptors (Lipinski definition) is 5. The van der Waals surface area contributed by atoms with Crippen molar-refractivity contribution in [2.75, 3.05) is 13.7 Å². The topological polar surface area (TPSA) is 97.2 Å². The van der Waals surface area contributed by atoms with Crippen LogP contribution in [-0.4, -0.2) is 44.4 Å². The second-order valence-corrected chi connectivity index (χ2v) is 6.80. The van der Waals surface area contributed by atoms with Gasteiger partial charge in [0.25, 0.3) is 0 Å². The number of aromatic amines is 1. The van der Waals surface area contributed by atoms with E-state index in [2.05, 4.69) is 25.6 Å². The van der Waals surface area contributed by atoms with Crippen LogP contribution in [0, 0.1) is 0 Å². The predicted molar refractivity (Wildman–Crippen MR) is 106 cm³/mol. The summed E-state index contributed by atoms with van der Waals surface area (Å²) >= 11 is 6.07.